The number of benzene rings is 1. The number of amides is 3. The van der Waals surface area contributed by atoms with Crippen LogP contribution in [0.25, 0.3) is 0 Å². The van der Waals surface area contributed by atoms with Crippen molar-refractivity contribution in [2.75, 3.05) is 18.1 Å². The molecule has 8 nitrogen and oxygen atoms in total. The lowest BCUT2D eigenvalue weighted by atomic mass is 9.89. The Morgan fingerprint density at radius 2 is 1.81 bits per heavy atom. The van der Waals surface area contributed by atoms with Gasteiger partial charge in [-0.1, -0.05) is 31.4 Å². The van der Waals surface area contributed by atoms with Crippen molar-refractivity contribution in [1.82, 2.24) is 10.2 Å². The summed E-state index contributed by atoms with van der Waals surface area (Å²) in [5, 5.41) is 2.87. The van der Waals surface area contributed by atoms with Crippen LogP contribution in [0.15, 0.2) is 24.3 Å². The van der Waals surface area contributed by atoms with Gasteiger partial charge in [0.2, 0.25) is 11.6 Å². The predicted molar refractivity (Wildman–Crippen MR) is 116 cm³/mol. The third kappa shape index (κ3) is 3.45. The Morgan fingerprint density at radius 3 is 2.56 bits per heavy atom. The van der Waals surface area contributed by atoms with E-state index in [2.05, 4.69) is 5.32 Å². The first-order valence-electron chi connectivity index (χ1n) is 11.7. The summed E-state index contributed by atoms with van der Waals surface area (Å²) in [5.41, 5.74) is -0.647. The van der Waals surface area contributed by atoms with Crippen molar-refractivity contribution in [2.45, 2.75) is 69.5 Å². The Bertz CT molecular complexity index is 953. The lowest BCUT2D eigenvalue weighted by Gasteiger charge is -2.48. The van der Waals surface area contributed by atoms with Crippen molar-refractivity contribution in [1.29, 1.82) is 0 Å². The zero-order valence-electron chi connectivity index (χ0n) is 18.2. The molecule has 170 valence electrons. The largest absolute Gasteiger partial charge is 0.452 e. The van der Waals surface area contributed by atoms with E-state index in [0.29, 0.717) is 23.7 Å². The van der Waals surface area contributed by atoms with Crippen LogP contribution in [0.3, 0.4) is 0 Å². The van der Waals surface area contributed by atoms with Crippen LogP contribution in [0.4, 0.5) is 5.69 Å². The summed E-state index contributed by atoms with van der Waals surface area (Å²) in [6.45, 7) is 0.176. The molecule has 1 aromatic rings. The van der Waals surface area contributed by atoms with Gasteiger partial charge in [-0.3, -0.25) is 19.3 Å². The van der Waals surface area contributed by atoms with E-state index in [1.807, 2.05) is 0 Å². The van der Waals surface area contributed by atoms with Crippen LogP contribution in [0.5, 0.6) is 0 Å². The topological polar surface area (TPSA) is 96.0 Å². The van der Waals surface area contributed by atoms with Crippen LogP contribution in [0.1, 0.15) is 68.1 Å². The maximum Gasteiger partial charge on any atom is 0.354 e. The van der Waals surface area contributed by atoms with E-state index in [1.54, 1.807) is 29.2 Å². The highest BCUT2D eigenvalue weighted by atomic mass is 16.5. The third-order valence-corrected chi connectivity index (χ3v) is 7.19. The number of hydrogen-bond acceptors (Lipinski definition) is 5. The van der Waals surface area contributed by atoms with E-state index < -0.39 is 18.2 Å². The van der Waals surface area contributed by atoms with Crippen LogP contribution < -0.4 is 10.2 Å². The molecular formula is C24H29N3O5. The van der Waals surface area contributed by atoms with E-state index in [4.69, 9.17) is 4.74 Å². The number of anilines is 1. The monoisotopic (exact) mass is 439 g/mol. The quantitative estimate of drug-likeness (QED) is 0.687. The average Bonchev–Trinajstić information content (AvgIpc) is 3.59. The number of nitrogens with one attached hydrogen (secondary N) is 1. The number of hydrogen-bond donors (Lipinski definition) is 1. The molecule has 3 fully saturated rings. The normalized spacial score (nSPS) is 25.4. The van der Waals surface area contributed by atoms with Gasteiger partial charge in [-0.15, -0.1) is 0 Å². The molecule has 3 amide bonds. The van der Waals surface area contributed by atoms with Crippen molar-refractivity contribution in [3.05, 3.63) is 29.8 Å². The molecule has 32 heavy (non-hydrogen) atoms. The highest BCUT2D eigenvalue weighted by Crippen LogP contribution is 2.49. The summed E-state index contributed by atoms with van der Waals surface area (Å²) < 4.78 is 5.47. The first-order valence-corrected chi connectivity index (χ1v) is 11.7. The molecule has 0 aromatic heterocycles. The summed E-state index contributed by atoms with van der Waals surface area (Å²) >= 11 is 0. The summed E-state index contributed by atoms with van der Waals surface area (Å²) in [7, 11) is 0. The zero-order chi connectivity index (χ0) is 22.3. The molecule has 8 heteroatoms. The van der Waals surface area contributed by atoms with Gasteiger partial charge in [0.25, 0.3) is 11.8 Å². The van der Waals surface area contributed by atoms with Gasteiger partial charge in [0.05, 0.1) is 11.3 Å². The maximum atomic E-state index is 13.5. The van der Waals surface area contributed by atoms with E-state index in [-0.39, 0.29) is 36.6 Å². The predicted octanol–water partition coefficient (Wildman–Crippen LogP) is 2.37. The standard InChI is InChI=1S/C24H29N3O5/c28-20(25-14-16-6-2-1-3-7-16)15-32-23(31)24-13-12-21(29)27(24)19-9-5-4-8-18(19)22(30)26(24)17-10-11-17/h4-5,8-9,16-17H,1-3,6-7,10-15H2,(H,25,28). The highest BCUT2D eigenvalue weighted by Gasteiger charge is 2.64. The van der Waals surface area contributed by atoms with Gasteiger partial charge in [-0.2, -0.15) is 0 Å². The Hall–Kier alpha value is -2.90. The van der Waals surface area contributed by atoms with Crippen molar-refractivity contribution >= 4 is 29.4 Å². The first kappa shape index (κ1) is 21.0. The van der Waals surface area contributed by atoms with Crippen molar-refractivity contribution in [2.24, 2.45) is 5.92 Å². The minimum Gasteiger partial charge on any atom is -0.452 e. The van der Waals surface area contributed by atoms with Gasteiger partial charge >= 0.3 is 5.97 Å². The second-order valence-corrected chi connectivity index (χ2v) is 9.35. The fourth-order valence-electron chi connectivity index (χ4n) is 5.46. The molecular weight excluding hydrogens is 410 g/mol. The molecule has 1 aromatic carbocycles. The van der Waals surface area contributed by atoms with E-state index in [1.165, 1.54) is 24.2 Å². The molecule has 5 rings (SSSR count). The van der Waals surface area contributed by atoms with Crippen LogP contribution in [-0.4, -0.2) is 53.4 Å². The van der Waals surface area contributed by atoms with E-state index >= 15 is 0 Å². The van der Waals surface area contributed by atoms with Gasteiger partial charge < -0.3 is 15.0 Å². The minimum atomic E-state index is -1.51. The molecule has 1 saturated heterocycles. The van der Waals surface area contributed by atoms with Gasteiger partial charge in [0, 0.05) is 25.4 Å². The average molecular weight is 440 g/mol. The number of para-hydroxylation sites is 1. The third-order valence-electron chi connectivity index (χ3n) is 7.19. The molecule has 4 aliphatic rings. The number of nitrogens with zero attached hydrogens (tertiary/aromatic N) is 2. The summed E-state index contributed by atoms with van der Waals surface area (Å²) in [4.78, 5) is 55.1. The molecule has 2 aliphatic heterocycles. The molecule has 0 bridgehead atoms. The molecule has 1 unspecified atom stereocenters. The first-order chi connectivity index (χ1) is 15.5. The van der Waals surface area contributed by atoms with Crippen LogP contribution in [0, 0.1) is 5.92 Å². The van der Waals surface area contributed by atoms with Crippen molar-refractivity contribution < 1.29 is 23.9 Å². The minimum absolute atomic E-state index is 0.100. The number of esters is 1. The number of carbonyl (C=O) groups is 4. The summed E-state index contributed by atoms with van der Waals surface area (Å²) in [5.74, 6) is -1.05. The summed E-state index contributed by atoms with van der Waals surface area (Å²) in [6.07, 6.45) is 7.73. The molecule has 0 radical (unpaired) electrons. The molecule has 2 saturated carbocycles. The lowest BCUT2D eigenvalue weighted by Crippen LogP contribution is -2.69. The number of carbonyl (C=O) groups excluding carboxylic acids is 4. The molecule has 2 heterocycles. The SMILES string of the molecule is O=C(COC(=O)C12CCC(=O)N1c1ccccc1C(=O)N2C1CC1)NCC1CCCCC1. The smallest absolute Gasteiger partial charge is 0.354 e. The van der Waals surface area contributed by atoms with E-state index in [9.17, 15) is 19.2 Å². The fourth-order valence-corrected chi connectivity index (χ4v) is 5.46. The van der Waals surface area contributed by atoms with Gasteiger partial charge in [-0.05, 0) is 43.7 Å². The fraction of sp³-hybridized carbons (Fsp3) is 0.583. The highest BCUT2D eigenvalue weighted by molar-refractivity contribution is 6.15. The zero-order valence-corrected chi connectivity index (χ0v) is 18.2. The summed E-state index contributed by atoms with van der Waals surface area (Å²) in [6, 6.07) is 6.78. The Kier molecular flexibility index (Phi) is 5.39. The van der Waals surface area contributed by atoms with Crippen LogP contribution in [0.2, 0.25) is 0 Å². The second-order valence-electron chi connectivity index (χ2n) is 9.35. The molecule has 1 N–H and O–H groups in total. The van der Waals surface area contributed by atoms with Crippen molar-refractivity contribution in [3.8, 4) is 0 Å². The van der Waals surface area contributed by atoms with Crippen molar-refractivity contribution in [3.63, 3.8) is 0 Å². The van der Waals surface area contributed by atoms with Crippen LogP contribution >= 0.6 is 0 Å². The van der Waals surface area contributed by atoms with Crippen LogP contribution in [-0.2, 0) is 19.1 Å². The van der Waals surface area contributed by atoms with E-state index in [0.717, 1.165) is 25.7 Å². The Labute approximate surface area is 187 Å². The Balaban J connectivity index is 1.34. The number of rotatable bonds is 6. The molecule has 0 spiro atoms. The molecule has 1 atom stereocenters. The lowest BCUT2D eigenvalue weighted by molar-refractivity contribution is -0.160. The van der Waals surface area contributed by atoms with Gasteiger partial charge in [0.15, 0.2) is 6.61 Å². The van der Waals surface area contributed by atoms with Gasteiger partial charge in [-0.25, -0.2) is 4.79 Å². The number of fused-ring (bicyclic) bond motifs is 3. The van der Waals surface area contributed by atoms with Gasteiger partial charge in [0.1, 0.15) is 0 Å². The second kappa shape index (κ2) is 8.22. The molecule has 2 aliphatic carbocycles. The maximum absolute atomic E-state index is 13.5. The number of ether oxygens (including phenoxy) is 1. The Morgan fingerprint density at radius 1 is 1.06 bits per heavy atom.